The van der Waals surface area contributed by atoms with Gasteiger partial charge in [-0.05, 0) is 43.0 Å². The number of imide groups is 1. The fourth-order valence-electron chi connectivity index (χ4n) is 2.92. The molecule has 1 aromatic carbocycles. The number of rotatable bonds is 8. The number of sulfonamides is 1. The van der Waals surface area contributed by atoms with E-state index in [0.29, 0.717) is 31.5 Å². The predicted octanol–water partition coefficient (Wildman–Crippen LogP) is 0.959. The Bertz CT molecular complexity index is 922. The Kier molecular flexibility index (Phi) is 7.52. The zero-order valence-electron chi connectivity index (χ0n) is 16.6. The predicted molar refractivity (Wildman–Crippen MR) is 105 cm³/mol. The van der Waals surface area contributed by atoms with Crippen LogP contribution < -0.4 is 10.0 Å². The summed E-state index contributed by atoms with van der Waals surface area (Å²) in [6, 6.07) is 5.65. The van der Waals surface area contributed by atoms with Crippen LogP contribution in [0.3, 0.4) is 0 Å². The number of hydrogen-bond acceptors (Lipinski definition) is 6. The van der Waals surface area contributed by atoms with Gasteiger partial charge in [0.15, 0.2) is 0 Å². The number of amides is 3. The standard InChI is InChI=1S/C19H25N3O6S/c1-4-16-13(2)12-22(18(16)24)19(25)20-10-9-14-5-7-15(8-6-14)29(26,27)21-11-17(23)28-3/h5-8,21H,4,9-12H2,1-3H3,(H,20,25). The van der Waals surface area contributed by atoms with Crippen LogP contribution >= 0.6 is 0 Å². The van der Waals surface area contributed by atoms with E-state index in [4.69, 9.17) is 0 Å². The Morgan fingerprint density at radius 3 is 2.41 bits per heavy atom. The first-order valence-corrected chi connectivity index (χ1v) is 10.6. The van der Waals surface area contributed by atoms with Gasteiger partial charge in [0.05, 0.1) is 18.6 Å². The van der Waals surface area contributed by atoms with Gasteiger partial charge in [-0.1, -0.05) is 19.1 Å². The van der Waals surface area contributed by atoms with E-state index in [-0.39, 0.29) is 10.8 Å². The second-order valence-electron chi connectivity index (χ2n) is 6.53. The molecule has 1 aliphatic rings. The monoisotopic (exact) mass is 423 g/mol. The van der Waals surface area contributed by atoms with Crippen molar-refractivity contribution < 1.29 is 27.5 Å². The Morgan fingerprint density at radius 1 is 1.21 bits per heavy atom. The summed E-state index contributed by atoms with van der Waals surface area (Å²) < 4.78 is 30.8. The van der Waals surface area contributed by atoms with Gasteiger partial charge >= 0.3 is 12.0 Å². The lowest BCUT2D eigenvalue weighted by Gasteiger charge is -2.16. The van der Waals surface area contributed by atoms with Crippen molar-refractivity contribution >= 4 is 27.9 Å². The molecule has 158 valence electrons. The molecule has 0 saturated carbocycles. The minimum atomic E-state index is -3.82. The smallest absolute Gasteiger partial charge is 0.324 e. The molecule has 0 aromatic heterocycles. The average Bonchev–Trinajstić information content (AvgIpc) is 2.99. The lowest BCUT2D eigenvalue weighted by molar-refractivity contribution is -0.139. The van der Waals surface area contributed by atoms with E-state index in [9.17, 15) is 22.8 Å². The molecule has 1 aliphatic heterocycles. The van der Waals surface area contributed by atoms with Crippen molar-refractivity contribution in [3.05, 3.63) is 41.0 Å². The topological polar surface area (TPSA) is 122 Å². The van der Waals surface area contributed by atoms with Gasteiger partial charge in [0.1, 0.15) is 6.54 Å². The van der Waals surface area contributed by atoms with E-state index in [1.165, 1.54) is 24.1 Å². The highest BCUT2D eigenvalue weighted by molar-refractivity contribution is 7.89. The number of nitrogens with zero attached hydrogens (tertiary/aromatic N) is 1. The van der Waals surface area contributed by atoms with Crippen molar-refractivity contribution in [1.82, 2.24) is 14.9 Å². The number of urea groups is 1. The first-order chi connectivity index (χ1) is 13.7. The largest absolute Gasteiger partial charge is 0.468 e. The zero-order chi connectivity index (χ0) is 21.6. The van der Waals surface area contributed by atoms with Crippen molar-refractivity contribution in [2.24, 2.45) is 0 Å². The molecule has 0 bridgehead atoms. The summed E-state index contributed by atoms with van der Waals surface area (Å²) in [5.74, 6) is -0.939. The summed E-state index contributed by atoms with van der Waals surface area (Å²) in [7, 11) is -2.64. The number of esters is 1. The Balaban J connectivity index is 1.86. The van der Waals surface area contributed by atoms with Gasteiger partial charge in [0, 0.05) is 12.1 Å². The van der Waals surface area contributed by atoms with Crippen LogP contribution in [-0.4, -0.2) is 58.0 Å². The van der Waals surface area contributed by atoms with Gasteiger partial charge in [-0.25, -0.2) is 13.2 Å². The normalized spacial score (nSPS) is 14.3. The lowest BCUT2D eigenvalue weighted by Crippen LogP contribution is -2.42. The molecule has 1 aromatic rings. The molecule has 1 heterocycles. The molecule has 0 fully saturated rings. The third-order valence-electron chi connectivity index (χ3n) is 4.57. The van der Waals surface area contributed by atoms with Crippen LogP contribution in [-0.2, 0) is 30.8 Å². The molecule has 0 aliphatic carbocycles. The average molecular weight is 423 g/mol. The van der Waals surface area contributed by atoms with E-state index < -0.39 is 28.6 Å². The third-order valence-corrected chi connectivity index (χ3v) is 5.99. The second kappa shape index (κ2) is 9.66. The van der Waals surface area contributed by atoms with Gasteiger partial charge in [-0.2, -0.15) is 4.72 Å². The molecule has 0 spiro atoms. The second-order valence-corrected chi connectivity index (χ2v) is 8.30. The van der Waals surface area contributed by atoms with Crippen LogP contribution in [0.5, 0.6) is 0 Å². The van der Waals surface area contributed by atoms with Crippen LogP contribution in [0.25, 0.3) is 0 Å². The molecular weight excluding hydrogens is 398 g/mol. The summed E-state index contributed by atoms with van der Waals surface area (Å²) in [5, 5.41) is 2.71. The summed E-state index contributed by atoms with van der Waals surface area (Å²) in [6.45, 7) is 3.89. The minimum absolute atomic E-state index is 0.0190. The number of carbonyl (C=O) groups excluding carboxylic acids is 3. The number of nitrogens with one attached hydrogen (secondary N) is 2. The Morgan fingerprint density at radius 2 is 1.86 bits per heavy atom. The van der Waals surface area contributed by atoms with Gasteiger partial charge in [0.2, 0.25) is 10.0 Å². The fraction of sp³-hybridized carbons (Fsp3) is 0.421. The van der Waals surface area contributed by atoms with E-state index in [1.807, 2.05) is 13.8 Å². The summed E-state index contributed by atoms with van der Waals surface area (Å²) >= 11 is 0. The highest BCUT2D eigenvalue weighted by Gasteiger charge is 2.31. The highest BCUT2D eigenvalue weighted by Crippen LogP contribution is 2.21. The highest BCUT2D eigenvalue weighted by atomic mass is 32.2. The molecule has 2 rings (SSSR count). The van der Waals surface area contributed by atoms with Crippen LogP contribution in [0, 0.1) is 0 Å². The molecule has 3 amide bonds. The van der Waals surface area contributed by atoms with E-state index >= 15 is 0 Å². The molecular formula is C19H25N3O6S. The SMILES string of the molecule is CCC1=C(C)CN(C(=O)NCCc2ccc(S(=O)(=O)NCC(=O)OC)cc2)C1=O. The summed E-state index contributed by atoms with van der Waals surface area (Å²) in [4.78, 5) is 36.7. The zero-order valence-corrected chi connectivity index (χ0v) is 17.5. The number of hydrogen-bond donors (Lipinski definition) is 2. The molecule has 2 N–H and O–H groups in total. The number of methoxy groups -OCH3 is 1. The number of benzene rings is 1. The van der Waals surface area contributed by atoms with E-state index in [2.05, 4.69) is 14.8 Å². The molecule has 0 saturated heterocycles. The quantitative estimate of drug-likeness (QED) is 0.601. The Labute approximate surface area is 170 Å². The van der Waals surface area contributed by atoms with Crippen LogP contribution in [0.1, 0.15) is 25.8 Å². The van der Waals surface area contributed by atoms with Crippen molar-refractivity contribution in [3.63, 3.8) is 0 Å². The first-order valence-electron chi connectivity index (χ1n) is 9.13. The molecule has 0 radical (unpaired) electrons. The van der Waals surface area contributed by atoms with Crippen LogP contribution in [0.2, 0.25) is 0 Å². The number of carbonyl (C=O) groups is 3. The van der Waals surface area contributed by atoms with Gasteiger partial charge < -0.3 is 10.1 Å². The maximum Gasteiger partial charge on any atom is 0.324 e. The maximum atomic E-state index is 12.2. The van der Waals surface area contributed by atoms with Crippen molar-refractivity contribution in [3.8, 4) is 0 Å². The molecule has 10 heteroatoms. The molecule has 29 heavy (non-hydrogen) atoms. The molecule has 0 atom stereocenters. The third kappa shape index (κ3) is 5.64. The molecule has 9 nitrogen and oxygen atoms in total. The van der Waals surface area contributed by atoms with Crippen LogP contribution in [0.4, 0.5) is 4.79 Å². The van der Waals surface area contributed by atoms with Crippen molar-refractivity contribution in [2.75, 3.05) is 26.7 Å². The molecule has 0 unspecified atom stereocenters. The van der Waals surface area contributed by atoms with E-state index in [1.54, 1.807) is 12.1 Å². The van der Waals surface area contributed by atoms with Crippen LogP contribution in [0.15, 0.2) is 40.3 Å². The van der Waals surface area contributed by atoms with E-state index in [0.717, 1.165) is 11.1 Å². The van der Waals surface area contributed by atoms with Gasteiger partial charge in [-0.15, -0.1) is 0 Å². The summed E-state index contributed by atoms with van der Waals surface area (Å²) in [5.41, 5.74) is 2.40. The van der Waals surface area contributed by atoms with Gasteiger partial charge in [-0.3, -0.25) is 14.5 Å². The number of ether oxygens (including phenoxy) is 1. The summed E-state index contributed by atoms with van der Waals surface area (Å²) in [6.07, 6.45) is 1.06. The lowest BCUT2D eigenvalue weighted by atomic mass is 10.1. The Hall–Kier alpha value is -2.72. The van der Waals surface area contributed by atoms with Crippen molar-refractivity contribution in [1.29, 1.82) is 0 Å². The van der Waals surface area contributed by atoms with Gasteiger partial charge in [0.25, 0.3) is 5.91 Å². The first kappa shape index (κ1) is 22.6. The minimum Gasteiger partial charge on any atom is -0.468 e. The maximum absolute atomic E-state index is 12.2. The van der Waals surface area contributed by atoms with Crippen molar-refractivity contribution in [2.45, 2.75) is 31.6 Å². The fourth-order valence-corrected chi connectivity index (χ4v) is 3.89.